The van der Waals surface area contributed by atoms with Gasteiger partial charge in [-0.3, -0.25) is 0 Å². The molecule has 2 aromatic carbocycles. The molecule has 0 aliphatic rings. The van der Waals surface area contributed by atoms with Crippen LogP contribution in [0.3, 0.4) is 0 Å². The summed E-state index contributed by atoms with van der Waals surface area (Å²) in [6.45, 7) is 0. The number of alkyl halides is 1. The van der Waals surface area contributed by atoms with E-state index in [0.29, 0.717) is 22.1 Å². The standard InChI is InChI=1S/C13H9Cl2FO/c14-8-9-6-11(16)4-5-13(9)17-12-3-1-2-10(15)7-12/h1-7H,8H2. The van der Waals surface area contributed by atoms with Gasteiger partial charge in [0.1, 0.15) is 17.3 Å². The van der Waals surface area contributed by atoms with Crippen molar-refractivity contribution in [2.45, 2.75) is 5.88 Å². The van der Waals surface area contributed by atoms with Crippen molar-refractivity contribution >= 4 is 23.2 Å². The Balaban J connectivity index is 2.29. The molecule has 0 saturated carbocycles. The minimum Gasteiger partial charge on any atom is -0.457 e. The summed E-state index contributed by atoms with van der Waals surface area (Å²) in [6.07, 6.45) is 0. The average molecular weight is 271 g/mol. The zero-order valence-corrected chi connectivity index (χ0v) is 10.3. The highest BCUT2D eigenvalue weighted by atomic mass is 35.5. The maximum atomic E-state index is 13.0. The molecule has 0 bridgehead atoms. The number of ether oxygens (including phenoxy) is 1. The minimum atomic E-state index is -0.334. The van der Waals surface area contributed by atoms with Gasteiger partial charge in [-0.25, -0.2) is 4.39 Å². The minimum absolute atomic E-state index is 0.188. The fraction of sp³-hybridized carbons (Fsp3) is 0.0769. The van der Waals surface area contributed by atoms with Gasteiger partial charge in [0.25, 0.3) is 0 Å². The molecule has 88 valence electrons. The van der Waals surface area contributed by atoms with E-state index in [0.717, 1.165) is 0 Å². The molecular formula is C13H9Cl2FO. The van der Waals surface area contributed by atoms with Crippen molar-refractivity contribution in [2.75, 3.05) is 0 Å². The molecule has 0 radical (unpaired) electrons. The van der Waals surface area contributed by atoms with Gasteiger partial charge in [-0.15, -0.1) is 11.6 Å². The number of halogens is 3. The number of benzene rings is 2. The first-order chi connectivity index (χ1) is 8.19. The van der Waals surface area contributed by atoms with E-state index in [9.17, 15) is 4.39 Å². The van der Waals surface area contributed by atoms with Crippen molar-refractivity contribution in [3.8, 4) is 11.5 Å². The molecule has 0 N–H and O–H groups in total. The van der Waals surface area contributed by atoms with Crippen molar-refractivity contribution in [3.63, 3.8) is 0 Å². The molecule has 4 heteroatoms. The summed E-state index contributed by atoms with van der Waals surface area (Å²) < 4.78 is 18.6. The van der Waals surface area contributed by atoms with Gasteiger partial charge >= 0.3 is 0 Å². The molecule has 0 fully saturated rings. The van der Waals surface area contributed by atoms with E-state index in [1.165, 1.54) is 12.1 Å². The Morgan fingerprint density at radius 1 is 1.12 bits per heavy atom. The molecule has 1 nitrogen and oxygen atoms in total. The Bertz CT molecular complexity index is 529. The molecule has 0 spiro atoms. The predicted octanol–water partition coefficient (Wildman–Crippen LogP) is 5.01. The van der Waals surface area contributed by atoms with Gasteiger partial charge in [-0.2, -0.15) is 0 Å². The van der Waals surface area contributed by atoms with Crippen LogP contribution in [0.25, 0.3) is 0 Å². The fourth-order valence-electron chi connectivity index (χ4n) is 1.41. The fourth-order valence-corrected chi connectivity index (χ4v) is 1.80. The summed E-state index contributed by atoms with van der Waals surface area (Å²) in [5.74, 6) is 0.978. The smallest absolute Gasteiger partial charge is 0.132 e. The van der Waals surface area contributed by atoms with Crippen molar-refractivity contribution in [2.24, 2.45) is 0 Å². The lowest BCUT2D eigenvalue weighted by atomic mass is 10.2. The molecule has 2 rings (SSSR count). The topological polar surface area (TPSA) is 9.23 Å². The molecule has 0 heterocycles. The van der Waals surface area contributed by atoms with Crippen LogP contribution in [0.2, 0.25) is 5.02 Å². The first-order valence-corrected chi connectivity index (χ1v) is 5.88. The van der Waals surface area contributed by atoms with Crippen LogP contribution < -0.4 is 4.74 Å². The third-order valence-corrected chi connectivity index (χ3v) is 2.71. The second kappa shape index (κ2) is 5.39. The third kappa shape index (κ3) is 3.11. The zero-order valence-electron chi connectivity index (χ0n) is 8.79. The molecule has 2 aromatic rings. The summed E-state index contributed by atoms with van der Waals surface area (Å²) in [6, 6.07) is 11.2. The molecule has 0 atom stereocenters. The quantitative estimate of drug-likeness (QED) is 0.713. The Kier molecular flexibility index (Phi) is 3.87. The van der Waals surface area contributed by atoms with Gasteiger partial charge in [0, 0.05) is 10.6 Å². The number of hydrogen-bond donors (Lipinski definition) is 0. The summed E-state index contributed by atoms with van der Waals surface area (Å²) in [7, 11) is 0. The Morgan fingerprint density at radius 3 is 2.65 bits per heavy atom. The van der Waals surface area contributed by atoms with Crippen molar-refractivity contribution in [1.82, 2.24) is 0 Å². The van der Waals surface area contributed by atoms with Crippen LogP contribution in [0.1, 0.15) is 5.56 Å². The van der Waals surface area contributed by atoms with E-state index in [4.69, 9.17) is 27.9 Å². The lowest BCUT2D eigenvalue weighted by Gasteiger charge is -2.09. The highest BCUT2D eigenvalue weighted by Gasteiger charge is 2.06. The van der Waals surface area contributed by atoms with Gasteiger partial charge in [0.05, 0.1) is 5.88 Å². The van der Waals surface area contributed by atoms with E-state index in [-0.39, 0.29) is 11.7 Å². The predicted molar refractivity (Wildman–Crippen MR) is 67.5 cm³/mol. The van der Waals surface area contributed by atoms with Gasteiger partial charge < -0.3 is 4.74 Å². The maximum absolute atomic E-state index is 13.0. The van der Waals surface area contributed by atoms with Crippen LogP contribution in [0, 0.1) is 5.82 Å². The van der Waals surface area contributed by atoms with E-state index in [1.807, 2.05) is 0 Å². The van der Waals surface area contributed by atoms with Gasteiger partial charge in [0.2, 0.25) is 0 Å². The second-order valence-electron chi connectivity index (χ2n) is 3.45. The molecule has 17 heavy (non-hydrogen) atoms. The number of hydrogen-bond acceptors (Lipinski definition) is 1. The summed E-state index contributed by atoms with van der Waals surface area (Å²) in [4.78, 5) is 0. The third-order valence-electron chi connectivity index (χ3n) is 2.19. The average Bonchev–Trinajstić information content (AvgIpc) is 2.31. The van der Waals surface area contributed by atoms with Crippen LogP contribution in [0.15, 0.2) is 42.5 Å². The molecule has 0 aliphatic heterocycles. The zero-order chi connectivity index (χ0) is 12.3. The Labute approximate surface area is 109 Å². The van der Waals surface area contributed by atoms with E-state index < -0.39 is 0 Å². The molecule has 0 saturated heterocycles. The maximum Gasteiger partial charge on any atom is 0.132 e. The van der Waals surface area contributed by atoms with Crippen molar-refractivity contribution < 1.29 is 9.13 Å². The highest BCUT2D eigenvalue weighted by Crippen LogP contribution is 2.28. The van der Waals surface area contributed by atoms with Crippen molar-refractivity contribution in [1.29, 1.82) is 0 Å². The summed E-state index contributed by atoms with van der Waals surface area (Å²) in [5.41, 5.74) is 0.603. The van der Waals surface area contributed by atoms with Crippen LogP contribution in [-0.4, -0.2) is 0 Å². The van der Waals surface area contributed by atoms with E-state index in [2.05, 4.69) is 0 Å². The lowest BCUT2D eigenvalue weighted by Crippen LogP contribution is -1.90. The Hall–Kier alpha value is -1.25. The molecule has 0 aliphatic carbocycles. The van der Waals surface area contributed by atoms with Crippen LogP contribution in [0.5, 0.6) is 11.5 Å². The van der Waals surface area contributed by atoms with Crippen molar-refractivity contribution in [3.05, 3.63) is 58.9 Å². The lowest BCUT2D eigenvalue weighted by molar-refractivity contribution is 0.476. The Morgan fingerprint density at radius 2 is 1.94 bits per heavy atom. The second-order valence-corrected chi connectivity index (χ2v) is 4.15. The van der Waals surface area contributed by atoms with Crippen LogP contribution in [-0.2, 0) is 5.88 Å². The summed E-state index contributed by atoms with van der Waals surface area (Å²) in [5, 5.41) is 0.581. The van der Waals surface area contributed by atoms with E-state index in [1.54, 1.807) is 30.3 Å². The first-order valence-electron chi connectivity index (χ1n) is 4.97. The van der Waals surface area contributed by atoms with Gasteiger partial charge in [0.15, 0.2) is 0 Å². The van der Waals surface area contributed by atoms with E-state index >= 15 is 0 Å². The first kappa shape index (κ1) is 12.2. The summed E-state index contributed by atoms with van der Waals surface area (Å²) >= 11 is 11.6. The highest BCUT2D eigenvalue weighted by molar-refractivity contribution is 6.30. The monoisotopic (exact) mass is 270 g/mol. The van der Waals surface area contributed by atoms with Crippen LogP contribution in [0.4, 0.5) is 4.39 Å². The van der Waals surface area contributed by atoms with Crippen LogP contribution >= 0.6 is 23.2 Å². The molecule has 0 amide bonds. The van der Waals surface area contributed by atoms with Gasteiger partial charge in [-0.05, 0) is 36.4 Å². The molecule has 0 aromatic heterocycles. The molecule has 0 unspecified atom stereocenters. The van der Waals surface area contributed by atoms with Gasteiger partial charge in [-0.1, -0.05) is 17.7 Å². The molecular weight excluding hydrogens is 262 g/mol. The normalized spacial score (nSPS) is 10.3. The SMILES string of the molecule is Fc1ccc(Oc2cccc(Cl)c2)c(CCl)c1. The number of rotatable bonds is 3. The largest absolute Gasteiger partial charge is 0.457 e.